The quantitative estimate of drug-likeness (QED) is 0.837. The Morgan fingerprint density at radius 2 is 2.04 bits per heavy atom. The van der Waals surface area contributed by atoms with E-state index in [1.54, 1.807) is 7.11 Å². The van der Waals surface area contributed by atoms with Gasteiger partial charge in [-0.1, -0.05) is 42.5 Å². The van der Waals surface area contributed by atoms with E-state index in [-0.39, 0.29) is 18.3 Å². The molecule has 0 bridgehead atoms. The number of ether oxygens (including phenoxy) is 1. The summed E-state index contributed by atoms with van der Waals surface area (Å²) in [5.41, 5.74) is 1.17. The van der Waals surface area contributed by atoms with Gasteiger partial charge in [0, 0.05) is 20.7 Å². The number of carbonyl (C=O) groups is 1. The summed E-state index contributed by atoms with van der Waals surface area (Å²) in [6, 6.07) is 14.6. The summed E-state index contributed by atoms with van der Waals surface area (Å²) < 4.78 is 5.75. The Labute approximate surface area is 162 Å². The van der Waals surface area contributed by atoms with Gasteiger partial charge in [0.15, 0.2) is 0 Å². The fraction of sp³-hybridized carbons (Fsp3) is 0.500. The summed E-state index contributed by atoms with van der Waals surface area (Å²) in [4.78, 5) is 16.6. The Balaban J connectivity index is 1.58. The number of fused-ring (bicyclic) bond motifs is 1. The highest BCUT2D eigenvalue weighted by molar-refractivity contribution is 5.86. The number of piperidine rings is 1. The monoisotopic (exact) mass is 369 g/mol. The topological polar surface area (TPSA) is 44.8 Å². The number of benzene rings is 2. The van der Waals surface area contributed by atoms with Crippen molar-refractivity contribution in [1.82, 2.24) is 15.1 Å². The molecule has 0 aromatic heterocycles. The second kappa shape index (κ2) is 9.20. The Hall–Kier alpha value is -2.11. The Morgan fingerprint density at radius 1 is 1.26 bits per heavy atom. The first-order valence-electron chi connectivity index (χ1n) is 9.83. The van der Waals surface area contributed by atoms with Gasteiger partial charge >= 0.3 is 6.03 Å². The van der Waals surface area contributed by atoms with E-state index in [0.717, 1.165) is 19.4 Å². The first-order valence-corrected chi connectivity index (χ1v) is 9.83. The zero-order valence-electron chi connectivity index (χ0n) is 16.6. The van der Waals surface area contributed by atoms with Gasteiger partial charge in [0.25, 0.3) is 0 Å². The van der Waals surface area contributed by atoms with Gasteiger partial charge in [-0.25, -0.2) is 4.79 Å². The minimum atomic E-state index is -0.0425. The van der Waals surface area contributed by atoms with Crippen molar-refractivity contribution in [3.8, 4) is 0 Å². The molecule has 3 rings (SSSR count). The molecule has 0 aliphatic carbocycles. The zero-order chi connectivity index (χ0) is 19.2. The molecule has 1 aliphatic heterocycles. The first kappa shape index (κ1) is 19.6. The second-order valence-electron chi connectivity index (χ2n) is 7.38. The molecule has 0 spiro atoms. The van der Waals surface area contributed by atoms with Crippen molar-refractivity contribution in [1.29, 1.82) is 0 Å². The van der Waals surface area contributed by atoms with Crippen molar-refractivity contribution in [3.05, 3.63) is 48.0 Å². The number of likely N-dealkylation sites (tertiary alicyclic amines) is 1. The minimum absolute atomic E-state index is 0.0125. The van der Waals surface area contributed by atoms with Gasteiger partial charge in [0.05, 0.1) is 12.3 Å². The minimum Gasteiger partial charge on any atom is -0.377 e. The standard InChI is InChI=1S/C22H31N3O2/c1-24-16-7-6-13-21(24)25(2)22(26)23-15-14-20(27-3)19-12-8-10-17-9-4-5-11-18(17)19/h4-5,8-12,20-21H,6-7,13-16H2,1-3H3,(H,23,26). The number of nitrogens with zero attached hydrogens (tertiary/aromatic N) is 2. The SMILES string of the molecule is COC(CCNC(=O)N(C)C1CCCCN1C)c1cccc2ccccc12. The molecular formula is C22H31N3O2. The van der Waals surface area contributed by atoms with Gasteiger partial charge in [-0.15, -0.1) is 0 Å². The highest BCUT2D eigenvalue weighted by Gasteiger charge is 2.26. The molecule has 2 unspecified atom stereocenters. The number of methoxy groups -OCH3 is 1. The third kappa shape index (κ3) is 4.60. The van der Waals surface area contributed by atoms with E-state index in [0.29, 0.717) is 6.54 Å². The molecule has 1 heterocycles. The van der Waals surface area contributed by atoms with Crippen LogP contribution in [0, 0.1) is 0 Å². The van der Waals surface area contributed by atoms with Crippen LogP contribution in [0.4, 0.5) is 4.79 Å². The fourth-order valence-electron chi connectivity index (χ4n) is 4.05. The van der Waals surface area contributed by atoms with Gasteiger partial charge < -0.3 is 15.0 Å². The number of carbonyl (C=O) groups excluding carboxylic acids is 1. The molecule has 1 N–H and O–H groups in total. The van der Waals surface area contributed by atoms with Crippen LogP contribution in [0.5, 0.6) is 0 Å². The van der Waals surface area contributed by atoms with Gasteiger partial charge in [-0.3, -0.25) is 4.90 Å². The van der Waals surface area contributed by atoms with Gasteiger partial charge in [-0.2, -0.15) is 0 Å². The molecule has 146 valence electrons. The van der Waals surface area contributed by atoms with Crippen molar-refractivity contribution in [2.24, 2.45) is 0 Å². The third-order valence-electron chi connectivity index (χ3n) is 5.64. The summed E-state index contributed by atoms with van der Waals surface area (Å²) in [7, 11) is 5.72. The molecule has 1 aliphatic rings. The van der Waals surface area contributed by atoms with Crippen molar-refractivity contribution in [3.63, 3.8) is 0 Å². The Kier molecular flexibility index (Phi) is 6.69. The van der Waals surface area contributed by atoms with E-state index in [2.05, 4.69) is 53.7 Å². The van der Waals surface area contributed by atoms with Gasteiger partial charge in [0.1, 0.15) is 0 Å². The molecule has 2 amide bonds. The molecular weight excluding hydrogens is 338 g/mol. The zero-order valence-corrected chi connectivity index (χ0v) is 16.6. The molecule has 1 fully saturated rings. The number of urea groups is 1. The smallest absolute Gasteiger partial charge is 0.318 e. The number of rotatable bonds is 6. The van der Waals surface area contributed by atoms with E-state index in [1.807, 2.05) is 18.0 Å². The summed E-state index contributed by atoms with van der Waals surface area (Å²) in [5.74, 6) is 0. The normalized spacial score (nSPS) is 19.0. The number of hydrogen-bond acceptors (Lipinski definition) is 3. The molecule has 2 atom stereocenters. The van der Waals surface area contributed by atoms with Gasteiger partial charge in [0.2, 0.25) is 0 Å². The van der Waals surface area contributed by atoms with E-state index >= 15 is 0 Å². The van der Waals surface area contributed by atoms with Crippen molar-refractivity contribution >= 4 is 16.8 Å². The van der Waals surface area contributed by atoms with Crippen molar-refractivity contribution < 1.29 is 9.53 Å². The molecule has 0 saturated carbocycles. The molecule has 5 nitrogen and oxygen atoms in total. The van der Waals surface area contributed by atoms with E-state index < -0.39 is 0 Å². The van der Waals surface area contributed by atoms with Crippen LogP contribution in [0.15, 0.2) is 42.5 Å². The van der Waals surface area contributed by atoms with Gasteiger partial charge in [-0.05, 0) is 55.6 Å². The van der Waals surface area contributed by atoms with Crippen LogP contribution in [0.1, 0.15) is 37.4 Å². The average molecular weight is 370 g/mol. The van der Waals surface area contributed by atoms with Crippen molar-refractivity contribution in [2.45, 2.75) is 38.0 Å². The number of hydrogen-bond donors (Lipinski definition) is 1. The molecule has 0 radical (unpaired) electrons. The van der Waals surface area contributed by atoms with Crippen LogP contribution in [0.2, 0.25) is 0 Å². The molecule has 2 aromatic carbocycles. The summed E-state index contributed by atoms with van der Waals surface area (Å²) in [6.45, 7) is 1.64. The summed E-state index contributed by atoms with van der Waals surface area (Å²) in [5, 5.41) is 5.48. The van der Waals surface area contributed by atoms with E-state index in [9.17, 15) is 4.79 Å². The lowest BCUT2D eigenvalue weighted by Crippen LogP contribution is -2.52. The average Bonchev–Trinajstić information content (AvgIpc) is 2.70. The molecule has 27 heavy (non-hydrogen) atoms. The summed E-state index contributed by atoms with van der Waals surface area (Å²) >= 11 is 0. The maximum atomic E-state index is 12.6. The fourth-order valence-corrected chi connectivity index (χ4v) is 4.05. The Morgan fingerprint density at radius 3 is 2.81 bits per heavy atom. The highest BCUT2D eigenvalue weighted by Crippen LogP contribution is 2.28. The van der Waals surface area contributed by atoms with Crippen LogP contribution < -0.4 is 5.32 Å². The lowest BCUT2D eigenvalue weighted by molar-refractivity contribution is 0.0688. The highest BCUT2D eigenvalue weighted by atomic mass is 16.5. The largest absolute Gasteiger partial charge is 0.377 e. The molecule has 1 saturated heterocycles. The van der Waals surface area contributed by atoms with Crippen LogP contribution in [0.25, 0.3) is 10.8 Å². The molecule has 2 aromatic rings. The first-order chi connectivity index (χ1) is 13.1. The number of amides is 2. The predicted molar refractivity (Wildman–Crippen MR) is 110 cm³/mol. The summed E-state index contributed by atoms with van der Waals surface area (Å²) in [6.07, 6.45) is 4.32. The maximum Gasteiger partial charge on any atom is 0.318 e. The van der Waals surface area contributed by atoms with Crippen LogP contribution in [-0.4, -0.2) is 56.3 Å². The number of nitrogens with one attached hydrogen (secondary N) is 1. The van der Waals surface area contributed by atoms with Crippen LogP contribution >= 0.6 is 0 Å². The maximum absolute atomic E-state index is 12.6. The van der Waals surface area contributed by atoms with E-state index in [4.69, 9.17) is 4.74 Å². The second-order valence-corrected chi connectivity index (χ2v) is 7.38. The third-order valence-corrected chi connectivity index (χ3v) is 5.64. The van der Waals surface area contributed by atoms with Crippen LogP contribution in [0.3, 0.4) is 0 Å². The van der Waals surface area contributed by atoms with E-state index in [1.165, 1.54) is 29.2 Å². The molecule has 5 heteroatoms. The predicted octanol–water partition coefficient (Wildman–Crippen LogP) is 4.00. The lowest BCUT2D eigenvalue weighted by Gasteiger charge is -2.38. The lowest BCUT2D eigenvalue weighted by atomic mass is 9.98. The Bertz CT molecular complexity index is 759. The van der Waals surface area contributed by atoms with Crippen molar-refractivity contribution in [2.75, 3.05) is 34.3 Å². The van der Waals surface area contributed by atoms with Crippen LogP contribution in [-0.2, 0) is 4.74 Å².